The Kier molecular flexibility index (Phi) is 3.84. The fraction of sp³-hybridized carbons (Fsp3) is 0.0769. The fourth-order valence-corrected chi connectivity index (χ4v) is 3.06. The quantitative estimate of drug-likeness (QED) is 0.397. The molecule has 20 heavy (non-hydrogen) atoms. The molecule has 0 aromatic heterocycles. The Morgan fingerprint density at radius 2 is 2.10 bits per heavy atom. The lowest BCUT2D eigenvalue weighted by molar-refractivity contribution is 0.275. The molecule has 1 aliphatic heterocycles. The van der Waals surface area contributed by atoms with Gasteiger partial charge in [0.05, 0.1) is 17.2 Å². The van der Waals surface area contributed by atoms with Gasteiger partial charge in [-0.15, -0.1) is 12.6 Å². The molecule has 0 spiro atoms. The molecule has 4 nitrogen and oxygen atoms in total. The minimum Gasteiger partial charge on any atom is -0.507 e. The minimum absolute atomic E-state index is 0.218. The number of phenols is 1. The van der Waals surface area contributed by atoms with Gasteiger partial charge in [0.25, 0.3) is 0 Å². The maximum absolute atomic E-state index is 9.71. The first-order valence-electron chi connectivity index (χ1n) is 6.01. The van der Waals surface area contributed by atoms with Crippen molar-refractivity contribution in [1.82, 2.24) is 0 Å². The van der Waals surface area contributed by atoms with Gasteiger partial charge >= 0.3 is 7.12 Å². The summed E-state index contributed by atoms with van der Waals surface area (Å²) in [5.74, 6) is 0.218. The Morgan fingerprint density at radius 1 is 1.30 bits per heavy atom. The van der Waals surface area contributed by atoms with E-state index in [-0.39, 0.29) is 5.75 Å². The van der Waals surface area contributed by atoms with Gasteiger partial charge in [0, 0.05) is 4.90 Å². The molecule has 1 aliphatic rings. The van der Waals surface area contributed by atoms with Crippen LogP contribution < -0.4 is 10.2 Å². The van der Waals surface area contributed by atoms with Crippen LogP contribution in [0.15, 0.2) is 46.2 Å². The van der Waals surface area contributed by atoms with Crippen LogP contribution in [0.5, 0.6) is 5.75 Å². The minimum atomic E-state index is -0.880. The van der Waals surface area contributed by atoms with Crippen molar-refractivity contribution in [1.29, 1.82) is 0 Å². The molecule has 0 atom stereocenters. The molecule has 0 radical (unpaired) electrons. The summed E-state index contributed by atoms with van der Waals surface area (Å²) in [5, 5.41) is 19.4. The van der Waals surface area contributed by atoms with E-state index in [1.54, 1.807) is 12.1 Å². The van der Waals surface area contributed by atoms with Crippen LogP contribution >= 0.6 is 24.6 Å². The van der Waals surface area contributed by atoms with E-state index >= 15 is 0 Å². The van der Waals surface area contributed by atoms with E-state index in [0.717, 1.165) is 26.5 Å². The van der Waals surface area contributed by atoms with Crippen LogP contribution in [0.3, 0.4) is 0 Å². The SMILES string of the molecule is OB1OCc2cc(S)c(NSc3ccccc3O)cc21. The molecule has 3 rings (SSSR count). The highest BCUT2D eigenvalue weighted by Gasteiger charge is 2.28. The molecular weight excluding hydrogens is 293 g/mol. The molecule has 0 unspecified atom stereocenters. The standard InChI is InChI=1S/C13H12BNO3S2/c16-11-3-1-2-4-13(11)20-15-10-6-9-8(5-12(10)19)7-18-14(9)17/h1-6,15-17,19H,7H2. The van der Waals surface area contributed by atoms with Gasteiger partial charge in [-0.1, -0.05) is 12.1 Å². The van der Waals surface area contributed by atoms with Crippen LogP contribution in [0.4, 0.5) is 5.69 Å². The number of thiol groups is 1. The number of nitrogens with one attached hydrogen (secondary N) is 1. The summed E-state index contributed by atoms with van der Waals surface area (Å²) in [7, 11) is -0.880. The van der Waals surface area contributed by atoms with Crippen molar-refractivity contribution in [3.05, 3.63) is 42.0 Å². The Labute approximate surface area is 126 Å². The topological polar surface area (TPSA) is 61.7 Å². The molecule has 7 heteroatoms. The Hall–Kier alpha value is -1.28. The first kappa shape index (κ1) is 13.7. The van der Waals surface area contributed by atoms with Gasteiger partial charge in [-0.05, 0) is 47.2 Å². The summed E-state index contributed by atoms with van der Waals surface area (Å²) in [6, 6.07) is 10.8. The maximum atomic E-state index is 9.71. The van der Waals surface area contributed by atoms with Crippen LogP contribution in [-0.2, 0) is 11.3 Å². The molecule has 1 heterocycles. The van der Waals surface area contributed by atoms with Crippen LogP contribution in [0, 0.1) is 0 Å². The van der Waals surface area contributed by atoms with Crippen LogP contribution in [0.25, 0.3) is 0 Å². The number of rotatable bonds is 3. The molecule has 0 saturated carbocycles. The lowest BCUT2D eigenvalue weighted by Crippen LogP contribution is -2.28. The van der Waals surface area contributed by atoms with Gasteiger partial charge in [-0.25, -0.2) is 0 Å². The van der Waals surface area contributed by atoms with Crippen molar-refractivity contribution in [3.63, 3.8) is 0 Å². The van der Waals surface area contributed by atoms with E-state index in [2.05, 4.69) is 17.4 Å². The van der Waals surface area contributed by atoms with E-state index in [1.807, 2.05) is 24.3 Å². The van der Waals surface area contributed by atoms with Gasteiger partial charge in [0.2, 0.25) is 0 Å². The Morgan fingerprint density at radius 3 is 2.90 bits per heavy atom. The van der Waals surface area contributed by atoms with Crippen LogP contribution in [0.1, 0.15) is 5.56 Å². The number of phenolic OH excluding ortho intramolecular Hbond substituents is 1. The number of fused-ring (bicyclic) bond motifs is 1. The monoisotopic (exact) mass is 305 g/mol. The van der Waals surface area contributed by atoms with Gasteiger partial charge in [-0.3, -0.25) is 0 Å². The fourth-order valence-electron chi connectivity index (χ4n) is 2.00. The molecule has 2 aromatic rings. The summed E-state index contributed by atoms with van der Waals surface area (Å²) in [5.41, 5.74) is 2.47. The third-order valence-electron chi connectivity index (χ3n) is 3.06. The van der Waals surface area contributed by atoms with Crippen molar-refractivity contribution in [3.8, 4) is 5.75 Å². The Balaban J connectivity index is 1.82. The third kappa shape index (κ3) is 2.62. The van der Waals surface area contributed by atoms with E-state index < -0.39 is 7.12 Å². The average molecular weight is 305 g/mol. The molecule has 0 saturated heterocycles. The predicted molar refractivity (Wildman–Crippen MR) is 83.7 cm³/mol. The molecule has 0 fully saturated rings. The van der Waals surface area contributed by atoms with Gasteiger partial charge < -0.3 is 19.5 Å². The highest BCUT2D eigenvalue weighted by atomic mass is 32.2. The smallest absolute Gasteiger partial charge is 0.491 e. The van der Waals surface area contributed by atoms with E-state index in [0.29, 0.717) is 6.61 Å². The van der Waals surface area contributed by atoms with Crippen molar-refractivity contribution in [2.24, 2.45) is 0 Å². The normalized spacial score (nSPS) is 13.4. The molecule has 3 N–H and O–H groups in total. The van der Waals surface area contributed by atoms with Crippen LogP contribution in [0.2, 0.25) is 0 Å². The van der Waals surface area contributed by atoms with E-state index in [1.165, 1.54) is 11.9 Å². The highest BCUT2D eigenvalue weighted by molar-refractivity contribution is 8.00. The summed E-state index contributed by atoms with van der Waals surface area (Å²) >= 11 is 5.71. The summed E-state index contributed by atoms with van der Waals surface area (Å²) in [6.07, 6.45) is 0. The molecule has 2 aromatic carbocycles. The summed E-state index contributed by atoms with van der Waals surface area (Å²) in [4.78, 5) is 1.49. The molecule has 0 aliphatic carbocycles. The zero-order chi connectivity index (χ0) is 14.1. The van der Waals surface area contributed by atoms with Gasteiger partial charge in [0.1, 0.15) is 5.75 Å². The number of anilines is 1. The molecule has 102 valence electrons. The van der Waals surface area contributed by atoms with E-state index in [4.69, 9.17) is 4.65 Å². The second-order valence-corrected chi connectivity index (χ2v) is 5.73. The van der Waals surface area contributed by atoms with Gasteiger partial charge in [-0.2, -0.15) is 0 Å². The average Bonchev–Trinajstić information content (AvgIpc) is 2.78. The zero-order valence-corrected chi connectivity index (χ0v) is 12.1. The zero-order valence-electron chi connectivity index (χ0n) is 10.4. The first-order valence-corrected chi connectivity index (χ1v) is 7.28. The molecule has 0 amide bonds. The second kappa shape index (κ2) is 5.61. The first-order chi connectivity index (χ1) is 9.65. The van der Waals surface area contributed by atoms with Crippen molar-refractivity contribution < 1.29 is 14.8 Å². The van der Waals surface area contributed by atoms with E-state index in [9.17, 15) is 10.1 Å². The maximum Gasteiger partial charge on any atom is 0.491 e. The summed E-state index contributed by atoms with van der Waals surface area (Å²) in [6.45, 7) is 0.400. The number of para-hydroxylation sites is 1. The lowest BCUT2D eigenvalue weighted by Gasteiger charge is -2.11. The number of hydrogen-bond donors (Lipinski definition) is 4. The second-order valence-electron chi connectivity index (χ2n) is 4.40. The molecular formula is C13H12BNO3S2. The predicted octanol–water partition coefficient (Wildman–Crippen LogP) is 2.02. The van der Waals surface area contributed by atoms with Crippen molar-refractivity contribution >= 4 is 42.8 Å². The van der Waals surface area contributed by atoms with Crippen LogP contribution in [-0.4, -0.2) is 17.2 Å². The number of hydrogen-bond acceptors (Lipinski definition) is 6. The highest BCUT2D eigenvalue weighted by Crippen LogP contribution is 2.31. The summed E-state index contributed by atoms with van der Waals surface area (Å²) < 4.78 is 8.30. The Bertz CT molecular complexity index is 654. The third-order valence-corrected chi connectivity index (χ3v) is 4.31. The lowest BCUT2D eigenvalue weighted by atomic mass is 9.79. The number of aromatic hydroxyl groups is 1. The van der Waals surface area contributed by atoms with Crippen molar-refractivity contribution in [2.45, 2.75) is 16.4 Å². The van der Waals surface area contributed by atoms with Gasteiger partial charge in [0.15, 0.2) is 0 Å². The van der Waals surface area contributed by atoms with Crippen molar-refractivity contribution in [2.75, 3.05) is 4.72 Å². The molecule has 0 bridgehead atoms. The largest absolute Gasteiger partial charge is 0.507 e. The number of benzene rings is 2.